The molecule has 0 aliphatic heterocycles. The molecule has 0 aliphatic rings. The van der Waals surface area contributed by atoms with Gasteiger partial charge in [0.25, 0.3) is 0 Å². The van der Waals surface area contributed by atoms with E-state index in [1.165, 1.54) is 0 Å². The van der Waals surface area contributed by atoms with Crippen molar-refractivity contribution in [3.8, 4) is 0 Å². The smallest absolute Gasteiger partial charge is 0.234 e. The topological polar surface area (TPSA) is 30.2 Å². The molecular formula is C10H15N3. The van der Waals surface area contributed by atoms with Crippen LogP contribution in [0.15, 0.2) is 18.5 Å². The molecule has 70 valence electrons. The maximum atomic E-state index is 4.26. The van der Waals surface area contributed by atoms with Crippen molar-refractivity contribution in [3.05, 3.63) is 29.8 Å². The predicted octanol–water partition coefficient (Wildman–Crippen LogP) is 2.37. The summed E-state index contributed by atoms with van der Waals surface area (Å²) in [4.78, 5) is 8.38. The molecule has 0 bridgehead atoms. The molecule has 0 saturated carbocycles. The second-order valence-electron chi connectivity index (χ2n) is 2.57. The van der Waals surface area contributed by atoms with Crippen molar-refractivity contribution in [2.75, 3.05) is 0 Å². The van der Waals surface area contributed by atoms with E-state index in [1.54, 1.807) is 6.20 Å². The Morgan fingerprint density at radius 1 is 1.23 bits per heavy atom. The van der Waals surface area contributed by atoms with Crippen LogP contribution < -0.4 is 0 Å². The summed E-state index contributed by atoms with van der Waals surface area (Å²) in [5.41, 5.74) is 2.21. The summed E-state index contributed by atoms with van der Waals surface area (Å²) in [7, 11) is 0. The standard InChI is InChI=1S/C8H9N3.C2H6/c1-6-7(2)11-5-3-4-9-8(11)10-6;1-2/h3-5H,1-2H3;1-2H3. The first-order valence-electron chi connectivity index (χ1n) is 4.55. The summed E-state index contributed by atoms with van der Waals surface area (Å²) in [5, 5.41) is 0. The molecule has 3 heteroatoms. The lowest BCUT2D eigenvalue weighted by atomic mass is 10.4. The lowest BCUT2D eigenvalue weighted by Crippen LogP contribution is -1.87. The van der Waals surface area contributed by atoms with Crippen molar-refractivity contribution in [3.63, 3.8) is 0 Å². The average molecular weight is 177 g/mol. The van der Waals surface area contributed by atoms with Gasteiger partial charge in [0.2, 0.25) is 5.78 Å². The predicted molar refractivity (Wildman–Crippen MR) is 53.8 cm³/mol. The largest absolute Gasteiger partial charge is 0.288 e. The van der Waals surface area contributed by atoms with E-state index in [-0.39, 0.29) is 0 Å². The normalized spacial score (nSPS) is 9.54. The highest BCUT2D eigenvalue weighted by Gasteiger charge is 2.01. The highest BCUT2D eigenvalue weighted by Crippen LogP contribution is 2.06. The maximum Gasteiger partial charge on any atom is 0.234 e. The molecule has 3 nitrogen and oxygen atoms in total. The van der Waals surface area contributed by atoms with E-state index in [0.29, 0.717) is 0 Å². The van der Waals surface area contributed by atoms with Crippen LogP contribution >= 0.6 is 0 Å². The van der Waals surface area contributed by atoms with Gasteiger partial charge in [-0.3, -0.25) is 4.40 Å². The molecule has 2 rings (SSSR count). The molecule has 2 heterocycles. The van der Waals surface area contributed by atoms with Crippen molar-refractivity contribution in [2.24, 2.45) is 0 Å². The quantitative estimate of drug-likeness (QED) is 0.618. The molecule has 0 saturated heterocycles. The van der Waals surface area contributed by atoms with Crippen LogP contribution in [0.4, 0.5) is 0 Å². The van der Waals surface area contributed by atoms with Crippen molar-refractivity contribution >= 4 is 5.78 Å². The number of aromatic nitrogens is 3. The van der Waals surface area contributed by atoms with Crippen molar-refractivity contribution in [1.29, 1.82) is 0 Å². The summed E-state index contributed by atoms with van der Waals surface area (Å²) in [6.45, 7) is 8.03. The molecule has 2 aromatic heterocycles. The third-order valence-corrected chi connectivity index (χ3v) is 1.88. The van der Waals surface area contributed by atoms with Crippen molar-refractivity contribution in [1.82, 2.24) is 14.4 Å². The van der Waals surface area contributed by atoms with Gasteiger partial charge in [-0.2, -0.15) is 0 Å². The van der Waals surface area contributed by atoms with Gasteiger partial charge in [0, 0.05) is 18.1 Å². The average Bonchev–Trinajstić information content (AvgIpc) is 2.47. The first kappa shape index (κ1) is 9.71. The third kappa shape index (κ3) is 1.69. The zero-order valence-corrected chi connectivity index (χ0v) is 8.57. The second-order valence-corrected chi connectivity index (χ2v) is 2.57. The SMILES string of the molecule is CC.Cc1nc2ncccn2c1C. The first-order chi connectivity index (χ1) is 6.29. The van der Waals surface area contributed by atoms with Crippen LogP contribution in [-0.4, -0.2) is 14.4 Å². The van der Waals surface area contributed by atoms with Crippen LogP contribution in [-0.2, 0) is 0 Å². The lowest BCUT2D eigenvalue weighted by Gasteiger charge is -1.91. The van der Waals surface area contributed by atoms with E-state index in [1.807, 2.05) is 44.4 Å². The van der Waals surface area contributed by atoms with E-state index < -0.39 is 0 Å². The Bertz CT molecular complexity index is 390. The molecule has 0 radical (unpaired) electrons. The van der Waals surface area contributed by atoms with Gasteiger partial charge < -0.3 is 0 Å². The number of rotatable bonds is 0. The van der Waals surface area contributed by atoms with Crippen LogP contribution in [0, 0.1) is 13.8 Å². The van der Waals surface area contributed by atoms with Crippen LogP contribution in [0.5, 0.6) is 0 Å². The number of nitrogens with zero attached hydrogens (tertiary/aromatic N) is 3. The Morgan fingerprint density at radius 2 is 1.92 bits per heavy atom. The van der Waals surface area contributed by atoms with Gasteiger partial charge in [0.15, 0.2) is 0 Å². The molecule has 13 heavy (non-hydrogen) atoms. The van der Waals surface area contributed by atoms with Gasteiger partial charge in [-0.1, -0.05) is 13.8 Å². The van der Waals surface area contributed by atoms with E-state index in [9.17, 15) is 0 Å². The highest BCUT2D eigenvalue weighted by atomic mass is 15.1. The molecule has 0 N–H and O–H groups in total. The van der Waals surface area contributed by atoms with Crippen LogP contribution in [0.3, 0.4) is 0 Å². The van der Waals surface area contributed by atoms with E-state index in [4.69, 9.17) is 0 Å². The summed E-state index contributed by atoms with van der Waals surface area (Å²) in [6, 6.07) is 1.90. The summed E-state index contributed by atoms with van der Waals surface area (Å²) >= 11 is 0. The molecule has 0 unspecified atom stereocenters. The number of imidazole rings is 1. The Morgan fingerprint density at radius 3 is 2.54 bits per heavy atom. The first-order valence-corrected chi connectivity index (χ1v) is 4.55. The summed E-state index contributed by atoms with van der Waals surface area (Å²) in [6.07, 6.45) is 3.72. The minimum Gasteiger partial charge on any atom is -0.288 e. The Hall–Kier alpha value is -1.38. The van der Waals surface area contributed by atoms with E-state index in [0.717, 1.165) is 17.2 Å². The molecule has 0 aliphatic carbocycles. The number of hydrogen-bond acceptors (Lipinski definition) is 2. The fourth-order valence-corrected chi connectivity index (χ4v) is 1.11. The van der Waals surface area contributed by atoms with Gasteiger partial charge >= 0.3 is 0 Å². The van der Waals surface area contributed by atoms with Gasteiger partial charge in [0.05, 0.1) is 5.69 Å². The van der Waals surface area contributed by atoms with E-state index >= 15 is 0 Å². The van der Waals surface area contributed by atoms with Crippen LogP contribution in [0.25, 0.3) is 5.78 Å². The third-order valence-electron chi connectivity index (χ3n) is 1.88. The Labute approximate surface area is 78.5 Å². The van der Waals surface area contributed by atoms with E-state index in [2.05, 4.69) is 9.97 Å². The Balaban J connectivity index is 0.000000396. The van der Waals surface area contributed by atoms with Gasteiger partial charge in [0.1, 0.15) is 0 Å². The maximum absolute atomic E-state index is 4.26. The van der Waals surface area contributed by atoms with Crippen molar-refractivity contribution in [2.45, 2.75) is 27.7 Å². The fourth-order valence-electron chi connectivity index (χ4n) is 1.11. The molecular weight excluding hydrogens is 162 g/mol. The minimum atomic E-state index is 0.780. The number of hydrogen-bond donors (Lipinski definition) is 0. The highest BCUT2D eigenvalue weighted by molar-refractivity contribution is 5.33. The molecule has 0 fully saturated rings. The molecule has 0 amide bonds. The summed E-state index contributed by atoms with van der Waals surface area (Å²) < 4.78 is 1.98. The molecule has 0 spiro atoms. The molecule has 2 aromatic rings. The monoisotopic (exact) mass is 177 g/mol. The number of fused-ring (bicyclic) bond motifs is 1. The lowest BCUT2D eigenvalue weighted by molar-refractivity contribution is 1.06. The van der Waals surface area contributed by atoms with Gasteiger partial charge in [-0.25, -0.2) is 9.97 Å². The number of aryl methyl sites for hydroxylation is 2. The zero-order valence-electron chi connectivity index (χ0n) is 8.57. The zero-order chi connectivity index (χ0) is 9.84. The second kappa shape index (κ2) is 4.03. The minimum absolute atomic E-state index is 0.780. The molecule has 0 aromatic carbocycles. The van der Waals surface area contributed by atoms with Crippen LogP contribution in [0.1, 0.15) is 25.2 Å². The van der Waals surface area contributed by atoms with Crippen molar-refractivity contribution < 1.29 is 0 Å². The van der Waals surface area contributed by atoms with Crippen LogP contribution in [0.2, 0.25) is 0 Å². The Kier molecular flexibility index (Phi) is 3.01. The molecule has 0 atom stereocenters. The van der Waals surface area contributed by atoms with Gasteiger partial charge in [-0.15, -0.1) is 0 Å². The van der Waals surface area contributed by atoms with Gasteiger partial charge in [-0.05, 0) is 19.9 Å². The summed E-state index contributed by atoms with van der Waals surface area (Å²) in [5.74, 6) is 0.780. The fraction of sp³-hybridized carbons (Fsp3) is 0.400.